The molecule has 0 aliphatic carbocycles. The Morgan fingerprint density at radius 2 is 2.17 bits per heavy atom. The smallest absolute Gasteiger partial charge is 0.223 e. The Morgan fingerprint density at radius 1 is 1.50 bits per heavy atom. The van der Waals surface area contributed by atoms with Gasteiger partial charge in [0.15, 0.2) is 0 Å². The van der Waals surface area contributed by atoms with Crippen LogP contribution in [0.5, 0.6) is 0 Å². The maximum absolute atomic E-state index is 11.9. The zero-order valence-corrected chi connectivity index (χ0v) is 11.0. The molecule has 0 N–H and O–H groups in total. The maximum Gasteiger partial charge on any atom is 0.223 e. The lowest BCUT2D eigenvalue weighted by Gasteiger charge is -2.18. The number of likely N-dealkylation sites (N-methyl/N-ethyl adjacent to an activating group) is 1. The van der Waals surface area contributed by atoms with E-state index in [4.69, 9.17) is 5.26 Å². The van der Waals surface area contributed by atoms with Crippen molar-refractivity contribution in [1.29, 1.82) is 5.26 Å². The van der Waals surface area contributed by atoms with Crippen LogP contribution in [0.1, 0.15) is 25.3 Å². The monoisotopic (exact) mass is 245 g/mol. The number of amides is 1. The van der Waals surface area contributed by atoms with Gasteiger partial charge in [-0.15, -0.1) is 0 Å². The molecule has 0 fully saturated rings. The third-order valence-corrected chi connectivity index (χ3v) is 3.01. The molecule has 4 nitrogen and oxygen atoms in total. The van der Waals surface area contributed by atoms with Gasteiger partial charge in [-0.2, -0.15) is 5.26 Å². The summed E-state index contributed by atoms with van der Waals surface area (Å²) in [6.07, 6.45) is 5.36. The van der Waals surface area contributed by atoms with Crippen molar-refractivity contribution < 1.29 is 4.79 Å². The van der Waals surface area contributed by atoms with Crippen molar-refractivity contribution in [1.82, 2.24) is 9.88 Å². The van der Waals surface area contributed by atoms with Gasteiger partial charge in [-0.25, -0.2) is 0 Å². The molecule has 1 heterocycles. The summed E-state index contributed by atoms with van der Waals surface area (Å²) >= 11 is 0. The van der Waals surface area contributed by atoms with Crippen LogP contribution in [0.3, 0.4) is 0 Å². The molecule has 0 aliphatic heterocycles. The number of hydrogen-bond donors (Lipinski definition) is 0. The van der Waals surface area contributed by atoms with Gasteiger partial charge < -0.3 is 4.90 Å². The molecule has 4 heteroatoms. The number of nitriles is 1. The summed E-state index contributed by atoms with van der Waals surface area (Å²) in [6.45, 7) is 2.60. The van der Waals surface area contributed by atoms with Gasteiger partial charge >= 0.3 is 0 Å². The molecular weight excluding hydrogens is 226 g/mol. The van der Waals surface area contributed by atoms with E-state index in [-0.39, 0.29) is 11.8 Å². The number of pyridine rings is 1. The van der Waals surface area contributed by atoms with Crippen LogP contribution in [-0.2, 0) is 11.2 Å². The second-order valence-corrected chi connectivity index (χ2v) is 4.36. The topological polar surface area (TPSA) is 57.0 Å². The van der Waals surface area contributed by atoms with E-state index in [1.54, 1.807) is 24.3 Å². The van der Waals surface area contributed by atoms with Gasteiger partial charge in [-0.1, -0.05) is 6.92 Å². The average Bonchev–Trinajstić information content (AvgIpc) is 2.42. The standard InChI is InChI=1S/C14H19N3O/c1-3-12(11-15)10-14(18)17(2)9-6-13-4-7-16-8-5-13/h4-5,7-8,12H,3,6,9-10H2,1-2H3. The van der Waals surface area contributed by atoms with E-state index in [2.05, 4.69) is 11.1 Å². The second kappa shape index (κ2) is 7.44. The van der Waals surface area contributed by atoms with Crippen LogP contribution in [0.2, 0.25) is 0 Å². The molecule has 96 valence electrons. The highest BCUT2D eigenvalue weighted by atomic mass is 16.2. The summed E-state index contributed by atoms with van der Waals surface area (Å²) in [4.78, 5) is 17.5. The predicted octanol–water partition coefficient (Wildman–Crippen LogP) is 2.02. The quantitative estimate of drug-likeness (QED) is 0.770. The molecule has 18 heavy (non-hydrogen) atoms. The Balaban J connectivity index is 2.39. The van der Waals surface area contributed by atoms with Gasteiger partial charge in [0.1, 0.15) is 0 Å². The largest absolute Gasteiger partial charge is 0.345 e. The van der Waals surface area contributed by atoms with Gasteiger partial charge in [0.25, 0.3) is 0 Å². The third-order valence-electron chi connectivity index (χ3n) is 3.01. The van der Waals surface area contributed by atoms with Gasteiger partial charge in [0.05, 0.1) is 12.0 Å². The molecule has 0 aliphatic rings. The fourth-order valence-corrected chi connectivity index (χ4v) is 1.62. The van der Waals surface area contributed by atoms with Crippen molar-refractivity contribution in [3.8, 4) is 6.07 Å². The molecule has 1 rings (SSSR count). The van der Waals surface area contributed by atoms with E-state index in [0.29, 0.717) is 13.0 Å². The number of nitrogens with zero attached hydrogens (tertiary/aromatic N) is 3. The minimum absolute atomic E-state index is 0.0393. The second-order valence-electron chi connectivity index (χ2n) is 4.36. The number of carbonyl (C=O) groups is 1. The molecular formula is C14H19N3O. The Morgan fingerprint density at radius 3 is 2.72 bits per heavy atom. The van der Waals surface area contributed by atoms with Crippen LogP contribution in [-0.4, -0.2) is 29.4 Å². The minimum Gasteiger partial charge on any atom is -0.345 e. The summed E-state index contributed by atoms with van der Waals surface area (Å²) < 4.78 is 0. The lowest BCUT2D eigenvalue weighted by molar-refractivity contribution is -0.130. The number of rotatable bonds is 6. The molecule has 1 aromatic rings. The van der Waals surface area contributed by atoms with Crippen molar-refractivity contribution in [2.75, 3.05) is 13.6 Å². The van der Waals surface area contributed by atoms with Gasteiger partial charge in [0, 0.05) is 32.4 Å². The average molecular weight is 245 g/mol. The Labute approximate surface area is 108 Å². The molecule has 0 saturated heterocycles. The highest BCUT2D eigenvalue weighted by Crippen LogP contribution is 2.09. The first-order chi connectivity index (χ1) is 8.67. The predicted molar refractivity (Wildman–Crippen MR) is 69.6 cm³/mol. The summed E-state index contributed by atoms with van der Waals surface area (Å²) in [6, 6.07) is 6.05. The molecule has 1 amide bonds. The van der Waals surface area contributed by atoms with Gasteiger partial charge in [-0.3, -0.25) is 9.78 Å². The van der Waals surface area contributed by atoms with Crippen LogP contribution in [0, 0.1) is 17.2 Å². The highest BCUT2D eigenvalue weighted by molar-refractivity contribution is 5.76. The van der Waals surface area contributed by atoms with E-state index >= 15 is 0 Å². The Kier molecular flexibility index (Phi) is 5.86. The molecule has 0 radical (unpaired) electrons. The van der Waals surface area contributed by atoms with E-state index < -0.39 is 0 Å². The van der Waals surface area contributed by atoms with Crippen LogP contribution in [0.25, 0.3) is 0 Å². The Bertz CT molecular complexity index is 411. The minimum atomic E-state index is -0.166. The molecule has 0 bridgehead atoms. The number of carbonyl (C=O) groups excluding carboxylic acids is 1. The summed E-state index contributed by atoms with van der Waals surface area (Å²) in [7, 11) is 1.79. The van der Waals surface area contributed by atoms with E-state index in [1.165, 1.54) is 0 Å². The van der Waals surface area contributed by atoms with Crippen molar-refractivity contribution in [2.45, 2.75) is 26.2 Å². The fraction of sp³-hybridized carbons (Fsp3) is 0.500. The van der Waals surface area contributed by atoms with Crippen molar-refractivity contribution in [3.63, 3.8) is 0 Å². The fourth-order valence-electron chi connectivity index (χ4n) is 1.62. The first kappa shape index (κ1) is 14.2. The first-order valence-corrected chi connectivity index (χ1v) is 6.19. The van der Waals surface area contributed by atoms with Crippen molar-refractivity contribution in [2.24, 2.45) is 5.92 Å². The van der Waals surface area contributed by atoms with Crippen LogP contribution in [0.15, 0.2) is 24.5 Å². The van der Waals surface area contributed by atoms with E-state index in [0.717, 1.165) is 18.4 Å². The molecule has 1 unspecified atom stereocenters. The van der Waals surface area contributed by atoms with Gasteiger partial charge in [-0.05, 0) is 30.5 Å². The number of aromatic nitrogens is 1. The maximum atomic E-state index is 11.9. The normalized spacial score (nSPS) is 11.6. The van der Waals surface area contributed by atoms with E-state index in [9.17, 15) is 4.79 Å². The number of hydrogen-bond acceptors (Lipinski definition) is 3. The van der Waals surface area contributed by atoms with Crippen LogP contribution in [0.4, 0.5) is 0 Å². The summed E-state index contributed by atoms with van der Waals surface area (Å²) in [5.74, 6) is -0.127. The summed E-state index contributed by atoms with van der Waals surface area (Å²) in [5.41, 5.74) is 1.16. The van der Waals surface area contributed by atoms with Crippen LogP contribution >= 0.6 is 0 Å². The molecule has 1 aromatic heterocycles. The molecule has 0 aromatic carbocycles. The van der Waals surface area contributed by atoms with E-state index in [1.807, 2.05) is 19.1 Å². The molecule has 1 atom stereocenters. The SMILES string of the molecule is CCC(C#N)CC(=O)N(C)CCc1ccncc1. The highest BCUT2D eigenvalue weighted by Gasteiger charge is 2.14. The molecule has 0 saturated carbocycles. The third kappa shape index (κ3) is 4.54. The lowest BCUT2D eigenvalue weighted by Crippen LogP contribution is -2.30. The summed E-state index contributed by atoms with van der Waals surface area (Å²) in [5, 5.41) is 8.84. The van der Waals surface area contributed by atoms with Crippen LogP contribution < -0.4 is 0 Å². The van der Waals surface area contributed by atoms with Gasteiger partial charge in [0.2, 0.25) is 5.91 Å². The van der Waals surface area contributed by atoms with Crippen molar-refractivity contribution >= 4 is 5.91 Å². The molecule has 0 spiro atoms. The van der Waals surface area contributed by atoms with Crippen molar-refractivity contribution in [3.05, 3.63) is 30.1 Å². The zero-order chi connectivity index (χ0) is 13.4. The first-order valence-electron chi connectivity index (χ1n) is 6.19. The Hall–Kier alpha value is -1.89. The lowest BCUT2D eigenvalue weighted by atomic mass is 10.0. The zero-order valence-electron chi connectivity index (χ0n) is 11.0.